The molecule has 0 fully saturated rings. The van der Waals surface area contributed by atoms with Crippen molar-refractivity contribution in [2.45, 2.75) is 37.3 Å². The molecule has 1 aliphatic rings. The maximum Gasteiger partial charge on any atom is 0.225 e. The van der Waals surface area contributed by atoms with Crippen LogP contribution < -0.4 is 5.73 Å². The fourth-order valence-corrected chi connectivity index (χ4v) is 5.18. The third-order valence-corrected chi connectivity index (χ3v) is 6.97. The summed E-state index contributed by atoms with van der Waals surface area (Å²) in [6.45, 7) is 0.404. The van der Waals surface area contributed by atoms with Gasteiger partial charge >= 0.3 is 0 Å². The van der Waals surface area contributed by atoms with Crippen LogP contribution in [0.3, 0.4) is 0 Å². The number of nitrogens with two attached hydrogens (primary N) is 1. The first kappa shape index (κ1) is 24.3. The number of fused-ring (bicyclic) bond motifs is 1. The molecule has 0 saturated carbocycles. The lowest BCUT2D eigenvalue weighted by molar-refractivity contribution is -0.138. The molecule has 0 heterocycles. The predicted octanol–water partition coefficient (Wildman–Crippen LogP) is 4.82. The molecule has 3 N–H and O–H groups in total. The van der Waals surface area contributed by atoms with E-state index in [2.05, 4.69) is 0 Å². The number of benzene rings is 3. The number of nitrogens with zero attached hydrogens (tertiary/aromatic N) is 1. The summed E-state index contributed by atoms with van der Waals surface area (Å²) in [4.78, 5) is 27.5. The molecule has 0 radical (unpaired) electrons. The Morgan fingerprint density at radius 1 is 1.03 bits per heavy atom. The van der Waals surface area contributed by atoms with E-state index in [0.29, 0.717) is 23.6 Å². The van der Waals surface area contributed by atoms with Crippen molar-refractivity contribution in [3.05, 3.63) is 105 Å². The summed E-state index contributed by atoms with van der Waals surface area (Å²) >= 11 is 12.3. The Balaban J connectivity index is 1.63. The first-order valence-corrected chi connectivity index (χ1v) is 11.9. The largest absolute Gasteiger partial charge is 0.383 e. The number of hydrogen-bond acceptors (Lipinski definition) is 3. The smallest absolute Gasteiger partial charge is 0.225 e. The second-order valence-corrected chi connectivity index (χ2v) is 9.59. The fraction of sp³-hybridized carbons (Fsp3) is 0.259. The van der Waals surface area contributed by atoms with Gasteiger partial charge in [-0.05, 0) is 47.2 Å². The van der Waals surface area contributed by atoms with Crippen molar-refractivity contribution in [3.63, 3.8) is 0 Å². The Morgan fingerprint density at radius 3 is 2.44 bits per heavy atom. The first-order chi connectivity index (χ1) is 16.3. The van der Waals surface area contributed by atoms with E-state index in [1.165, 1.54) is 6.07 Å². The molecule has 7 heteroatoms. The minimum absolute atomic E-state index is 0.109. The van der Waals surface area contributed by atoms with E-state index >= 15 is 0 Å². The normalized spacial score (nSPS) is 17.7. The van der Waals surface area contributed by atoms with Gasteiger partial charge in [-0.25, -0.2) is 0 Å². The molecule has 0 bridgehead atoms. The van der Waals surface area contributed by atoms with Crippen molar-refractivity contribution < 1.29 is 14.7 Å². The van der Waals surface area contributed by atoms with E-state index in [-0.39, 0.29) is 23.9 Å². The Morgan fingerprint density at radius 2 is 1.74 bits per heavy atom. The summed E-state index contributed by atoms with van der Waals surface area (Å²) in [7, 11) is 0. The van der Waals surface area contributed by atoms with Gasteiger partial charge in [-0.2, -0.15) is 0 Å². The molecule has 176 valence electrons. The van der Waals surface area contributed by atoms with E-state index in [1.54, 1.807) is 17.0 Å². The topological polar surface area (TPSA) is 83.6 Å². The Labute approximate surface area is 209 Å². The number of carbonyl (C=O) groups is 2. The highest BCUT2D eigenvalue weighted by Crippen LogP contribution is 2.38. The summed E-state index contributed by atoms with van der Waals surface area (Å²) in [5.74, 6) is -1.86. The minimum atomic E-state index is -1.17. The van der Waals surface area contributed by atoms with Crippen LogP contribution in [0.15, 0.2) is 72.8 Å². The molecule has 3 aromatic carbocycles. The fourth-order valence-electron chi connectivity index (χ4n) is 4.64. The summed E-state index contributed by atoms with van der Waals surface area (Å²) in [6.07, 6.45) is 1.10. The zero-order valence-corrected chi connectivity index (χ0v) is 20.1. The van der Waals surface area contributed by atoms with Crippen LogP contribution in [-0.2, 0) is 28.2 Å². The van der Waals surface area contributed by atoms with Crippen LogP contribution in [0.25, 0.3) is 0 Å². The molecular weight excluding hydrogens is 471 g/mol. The maximum absolute atomic E-state index is 13.6. The van der Waals surface area contributed by atoms with Crippen molar-refractivity contribution in [3.8, 4) is 0 Å². The quantitative estimate of drug-likeness (QED) is 0.468. The van der Waals surface area contributed by atoms with Crippen LogP contribution in [0, 0.1) is 0 Å². The third kappa shape index (κ3) is 5.27. The molecule has 2 unspecified atom stereocenters. The molecule has 0 saturated heterocycles. The summed E-state index contributed by atoms with van der Waals surface area (Å²) < 4.78 is 0. The molecule has 5 nitrogen and oxygen atoms in total. The van der Waals surface area contributed by atoms with Crippen molar-refractivity contribution in [2.24, 2.45) is 5.73 Å². The molecule has 2 atom stereocenters. The summed E-state index contributed by atoms with van der Waals surface area (Å²) in [5.41, 5.74) is 7.81. The minimum Gasteiger partial charge on any atom is -0.383 e. The van der Waals surface area contributed by atoms with Crippen molar-refractivity contribution in [1.29, 1.82) is 0 Å². The number of amides is 2. The average molecular weight is 497 g/mol. The molecule has 2 amide bonds. The van der Waals surface area contributed by atoms with E-state index in [0.717, 1.165) is 23.1 Å². The van der Waals surface area contributed by atoms with Gasteiger partial charge in [0.2, 0.25) is 11.8 Å². The molecule has 3 aromatic rings. The Bertz CT molecular complexity index is 1200. The second-order valence-electron chi connectivity index (χ2n) is 8.75. The van der Waals surface area contributed by atoms with Gasteiger partial charge in [0.1, 0.15) is 5.60 Å². The maximum atomic E-state index is 13.6. The number of aliphatic hydroxyl groups is 1. The lowest BCUT2D eigenvalue weighted by Crippen LogP contribution is -2.43. The van der Waals surface area contributed by atoms with Gasteiger partial charge in [0, 0.05) is 23.0 Å². The molecule has 1 aliphatic carbocycles. The van der Waals surface area contributed by atoms with Gasteiger partial charge in [0.05, 0.1) is 12.5 Å². The molecule has 0 spiro atoms. The first-order valence-electron chi connectivity index (χ1n) is 11.1. The molecule has 0 aromatic heterocycles. The van der Waals surface area contributed by atoms with Crippen LogP contribution in [-0.4, -0.2) is 28.4 Å². The van der Waals surface area contributed by atoms with Gasteiger partial charge in [0.25, 0.3) is 0 Å². The van der Waals surface area contributed by atoms with Crippen LogP contribution in [0.4, 0.5) is 0 Å². The monoisotopic (exact) mass is 496 g/mol. The lowest BCUT2D eigenvalue weighted by Gasteiger charge is -2.33. The van der Waals surface area contributed by atoms with Crippen LogP contribution >= 0.6 is 23.2 Å². The highest BCUT2D eigenvalue weighted by atomic mass is 35.5. The molecular formula is C27H26Cl2N2O3. The highest BCUT2D eigenvalue weighted by Gasteiger charge is 2.39. The van der Waals surface area contributed by atoms with Crippen LogP contribution in [0.5, 0.6) is 0 Å². The molecule has 4 rings (SSSR count). The predicted molar refractivity (Wildman–Crippen MR) is 134 cm³/mol. The second kappa shape index (κ2) is 10.2. The van der Waals surface area contributed by atoms with Gasteiger partial charge < -0.3 is 15.7 Å². The average Bonchev–Trinajstić information content (AvgIpc) is 3.14. The lowest BCUT2D eigenvalue weighted by atomic mass is 9.92. The van der Waals surface area contributed by atoms with Gasteiger partial charge in [0.15, 0.2) is 0 Å². The summed E-state index contributed by atoms with van der Waals surface area (Å²) in [5, 5.41) is 12.3. The number of carbonyl (C=O) groups excluding carboxylic acids is 2. The SMILES string of the molecule is NC(=O)C(CC(=O)N(Cc1ccccc1)CC1(O)CCc2ccccc21)c1ccc(Cl)cc1Cl. The number of primary amides is 1. The third-order valence-electron chi connectivity index (χ3n) is 6.41. The van der Waals surface area contributed by atoms with Gasteiger partial charge in [-0.15, -0.1) is 0 Å². The van der Waals surface area contributed by atoms with Crippen LogP contribution in [0.1, 0.15) is 41.0 Å². The van der Waals surface area contributed by atoms with Crippen molar-refractivity contribution in [2.75, 3.05) is 6.54 Å². The number of aryl methyl sites for hydroxylation is 1. The number of hydrogen-bond donors (Lipinski definition) is 2. The van der Waals surface area contributed by atoms with Crippen molar-refractivity contribution in [1.82, 2.24) is 4.90 Å². The zero-order chi connectivity index (χ0) is 24.3. The standard InChI is InChI=1S/C27H26Cl2N2O3/c28-20-10-11-21(24(29)14-20)22(26(30)33)15-25(32)31(16-18-6-2-1-3-7-18)17-27(34)13-12-19-8-4-5-9-23(19)27/h1-11,14,22,34H,12-13,15-17H2,(H2,30,33). The van der Waals surface area contributed by atoms with Crippen LogP contribution in [0.2, 0.25) is 10.0 Å². The number of rotatable bonds is 8. The Hall–Kier alpha value is -2.86. The van der Waals surface area contributed by atoms with E-state index < -0.39 is 17.4 Å². The molecule has 0 aliphatic heterocycles. The number of halogens is 2. The molecule has 34 heavy (non-hydrogen) atoms. The zero-order valence-electron chi connectivity index (χ0n) is 18.6. The van der Waals surface area contributed by atoms with E-state index in [4.69, 9.17) is 28.9 Å². The van der Waals surface area contributed by atoms with E-state index in [9.17, 15) is 14.7 Å². The Kier molecular flexibility index (Phi) is 7.27. The van der Waals surface area contributed by atoms with E-state index in [1.807, 2.05) is 54.6 Å². The highest BCUT2D eigenvalue weighted by molar-refractivity contribution is 6.35. The van der Waals surface area contributed by atoms with Gasteiger partial charge in [-0.1, -0.05) is 83.9 Å². The van der Waals surface area contributed by atoms with Gasteiger partial charge in [-0.3, -0.25) is 9.59 Å². The summed E-state index contributed by atoms with van der Waals surface area (Å²) in [6, 6.07) is 22.1. The van der Waals surface area contributed by atoms with Crippen molar-refractivity contribution >= 4 is 35.0 Å².